The molecule has 2 N–H and O–H groups in total. The molecule has 0 atom stereocenters. The zero-order valence-electron chi connectivity index (χ0n) is 16.7. The van der Waals surface area contributed by atoms with Crippen LogP contribution in [-0.2, 0) is 17.6 Å². The van der Waals surface area contributed by atoms with Gasteiger partial charge in [-0.15, -0.1) is 11.3 Å². The number of nitriles is 2. The molecule has 4 rings (SSSR count). The van der Waals surface area contributed by atoms with Gasteiger partial charge in [0, 0.05) is 28.1 Å². The minimum Gasteiger partial charge on any atom is -0.312 e. The number of benzene rings is 1. The van der Waals surface area contributed by atoms with Crippen LogP contribution in [0.5, 0.6) is 0 Å². The Balaban J connectivity index is 1.64. The highest BCUT2D eigenvalue weighted by Gasteiger charge is 2.23. The summed E-state index contributed by atoms with van der Waals surface area (Å²) in [5.41, 5.74) is 2.57. The average Bonchev–Trinajstić information content (AvgIpc) is 3.41. The fraction of sp³-hybridized carbons (Fsp3) is 0.182. The van der Waals surface area contributed by atoms with Crippen molar-refractivity contribution in [1.82, 2.24) is 10.2 Å². The van der Waals surface area contributed by atoms with Crippen molar-refractivity contribution < 1.29 is 9.72 Å². The number of hydrogen-bond donors (Lipinski definition) is 2. The number of hydrogen-bond acceptors (Lipinski definition) is 7. The van der Waals surface area contributed by atoms with Crippen molar-refractivity contribution in [3.05, 3.63) is 67.7 Å². The van der Waals surface area contributed by atoms with Gasteiger partial charge in [-0.25, -0.2) is 0 Å². The fourth-order valence-electron chi connectivity index (χ4n) is 3.66. The number of nitro groups is 1. The topological polar surface area (TPSA) is 148 Å². The van der Waals surface area contributed by atoms with Gasteiger partial charge in [0.1, 0.15) is 22.7 Å². The van der Waals surface area contributed by atoms with Crippen LogP contribution < -0.4 is 5.32 Å². The average molecular weight is 444 g/mol. The van der Waals surface area contributed by atoms with E-state index >= 15 is 0 Å². The van der Waals surface area contributed by atoms with Crippen molar-refractivity contribution in [2.24, 2.45) is 0 Å². The summed E-state index contributed by atoms with van der Waals surface area (Å²) in [5, 5.41) is 40.1. The largest absolute Gasteiger partial charge is 0.312 e. The van der Waals surface area contributed by atoms with E-state index in [9.17, 15) is 25.4 Å². The molecular formula is C22H16N6O3S. The number of rotatable bonds is 5. The quantitative estimate of drug-likeness (QED) is 0.259. The molecule has 1 aliphatic carbocycles. The Morgan fingerprint density at radius 2 is 2.12 bits per heavy atom. The summed E-state index contributed by atoms with van der Waals surface area (Å²) < 4.78 is 0. The molecule has 32 heavy (non-hydrogen) atoms. The molecule has 0 saturated heterocycles. The minimum atomic E-state index is -0.631. The molecule has 158 valence electrons. The zero-order valence-corrected chi connectivity index (χ0v) is 17.5. The van der Waals surface area contributed by atoms with Crippen LogP contribution in [0.2, 0.25) is 0 Å². The van der Waals surface area contributed by atoms with E-state index in [0.29, 0.717) is 27.4 Å². The van der Waals surface area contributed by atoms with Gasteiger partial charge in [0.2, 0.25) is 0 Å². The number of non-ortho nitro benzene ring substituents is 1. The summed E-state index contributed by atoms with van der Waals surface area (Å²) in [6.45, 7) is 0. The van der Waals surface area contributed by atoms with E-state index in [1.807, 2.05) is 6.07 Å². The second kappa shape index (κ2) is 8.84. The van der Waals surface area contributed by atoms with Gasteiger partial charge >= 0.3 is 0 Å². The van der Waals surface area contributed by atoms with Gasteiger partial charge in [0.25, 0.3) is 11.6 Å². The monoisotopic (exact) mass is 444 g/mol. The van der Waals surface area contributed by atoms with Crippen molar-refractivity contribution in [3.63, 3.8) is 0 Å². The molecule has 2 aromatic heterocycles. The van der Waals surface area contributed by atoms with Crippen molar-refractivity contribution in [2.75, 3.05) is 5.32 Å². The van der Waals surface area contributed by atoms with Crippen molar-refractivity contribution in [3.8, 4) is 23.4 Å². The first kappa shape index (κ1) is 21.0. The highest BCUT2D eigenvalue weighted by Crippen LogP contribution is 2.38. The molecule has 0 aliphatic heterocycles. The van der Waals surface area contributed by atoms with Crippen LogP contribution in [0.4, 0.5) is 10.7 Å². The molecule has 9 nitrogen and oxygen atoms in total. The summed E-state index contributed by atoms with van der Waals surface area (Å²) in [5.74, 6) is -0.631. The molecule has 1 amide bonds. The van der Waals surface area contributed by atoms with E-state index in [1.165, 1.54) is 35.7 Å². The second-order valence-corrected chi connectivity index (χ2v) is 8.26. The number of carbonyl (C=O) groups is 1. The summed E-state index contributed by atoms with van der Waals surface area (Å²) in [7, 11) is 0. The number of nitrogens with one attached hydrogen (secondary N) is 2. The van der Waals surface area contributed by atoms with E-state index in [0.717, 1.165) is 36.1 Å². The Bertz CT molecular complexity index is 1340. The summed E-state index contributed by atoms with van der Waals surface area (Å²) in [4.78, 5) is 24.5. The summed E-state index contributed by atoms with van der Waals surface area (Å²) >= 11 is 1.38. The lowest BCUT2D eigenvalue weighted by Crippen LogP contribution is -2.13. The number of carbonyl (C=O) groups excluding carboxylic acids is 1. The van der Waals surface area contributed by atoms with Crippen LogP contribution in [0, 0.1) is 32.8 Å². The van der Waals surface area contributed by atoms with Crippen molar-refractivity contribution >= 4 is 34.0 Å². The van der Waals surface area contributed by atoms with Crippen LogP contribution in [0.3, 0.4) is 0 Å². The number of aromatic nitrogens is 2. The van der Waals surface area contributed by atoms with Crippen LogP contribution in [0.25, 0.3) is 17.3 Å². The maximum atomic E-state index is 12.8. The first-order chi connectivity index (χ1) is 15.5. The Morgan fingerprint density at radius 3 is 2.88 bits per heavy atom. The van der Waals surface area contributed by atoms with Crippen molar-refractivity contribution in [1.29, 1.82) is 10.5 Å². The summed E-state index contributed by atoms with van der Waals surface area (Å²) in [6, 6.07) is 10.0. The molecular weight excluding hydrogens is 428 g/mol. The number of aromatic amines is 1. The van der Waals surface area contributed by atoms with Gasteiger partial charge < -0.3 is 5.32 Å². The number of nitrogens with zero attached hydrogens (tertiary/aromatic N) is 4. The lowest BCUT2D eigenvalue weighted by atomic mass is 9.96. The van der Waals surface area contributed by atoms with Crippen LogP contribution in [0.1, 0.15) is 34.4 Å². The lowest BCUT2D eigenvalue weighted by molar-refractivity contribution is -0.384. The van der Waals surface area contributed by atoms with Gasteiger partial charge in [-0.2, -0.15) is 15.6 Å². The van der Waals surface area contributed by atoms with Gasteiger partial charge in [0.15, 0.2) is 0 Å². The Kier molecular flexibility index (Phi) is 5.79. The number of aryl methyl sites for hydroxylation is 1. The Hall–Kier alpha value is -4.28. The molecule has 0 bridgehead atoms. The van der Waals surface area contributed by atoms with Gasteiger partial charge in [0.05, 0.1) is 22.4 Å². The summed E-state index contributed by atoms with van der Waals surface area (Å²) in [6.07, 6.45) is 6.56. The van der Waals surface area contributed by atoms with Crippen LogP contribution >= 0.6 is 11.3 Å². The molecule has 3 aromatic rings. The third kappa shape index (κ3) is 4.00. The second-order valence-electron chi connectivity index (χ2n) is 7.16. The highest BCUT2D eigenvalue weighted by molar-refractivity contribution is 7.16. The molecule has 0 unspecified atom stereocenters. The minimum absolute atomic E-state index is 0.0871. The maximum absolute atomic E-state index is 12.8. The standard InChI is InChI=1S/C22H16N6O3S/c23-10-14(21(29)26-22-18(11-24)17-6-1-2-7-19(17)32-22)8-15-12-25-27-20(15)13-4-3-5-16(9-13)28(30)31/h3-5,8-9,12H,1-2,6-7H2,(H,25,27)(H,26,29)/b14-8+. The van der Waals surface area contributed by atoms with E-state index in [1.54, 1.807) is 12.1 Å². The predicted octanol–water partition coefficient (Wildman–Crippen LogP) is 4.34. The first-order valence-corrected chi connectivity index (χ1v) is 10.6. The van der Waals surface area contributed by atoms with E-state index in [4.69, 9.17) is 0 Å². The molecule has 2 heterocycles. The predicted molar refractivity (Wildman–Crippen MR) is 119 cm³/mol. The van der Waals surface area contributed by atoms with Crippen LogP contribution in [0.15, 0.2) is 36.0 Å². The third-order valence-electron chi connectivity index (χ3n) is 5.19. The van der Waals surface area contributed by atoms with Crippen molar-refractivity contribution in [2.45, 2.75) is 25.7 Å². The van der Waals surface area contributed by atoms with Gasteiger partial charge in [-0.05, 0) is 37.3 Å². The number of thiophene rings is 1. The third-order valence-corrected chi connectivity index (χ3v) is 6.40. The number of fused-ring (bicyclic) bond motifs is 1. The zero-order chi connectivity index (χ0) is 22.7. The first-order valence-electron chi connectivity index (χ1n) is 9.77. The van der Waals surface area contributed by atoms with E-state index in [2.05, 4.69) is 21.6 Å². The maximum Gasteiger partial charge on any atom is 0.270 e. The molecule has 0 spiro atoms. The lowest BCUT2D eigenvalue weighted by Gasteiger charge is -2.09. The molecule has 0 fully saturated rings. The Morgan fingerprint density at radius 1 is 1.31 bits per heavy atom. The van der Waals surface area contributed by atoms with E-state index < -0.39 is 10.8 Å². The number of anilines is 1. The van der Waals surface area contributed by atoms with Gasteiger partial charge in [-0.3, -0.25) is 20.0 Å². The SMILES string of the molecule is N#C/C(=C\c1cn[nH]c1-c1cccc([N+](=O)[O-])c1)C(=O)Nc1sc2c(c1C#N)CCCC2. The highest BCUT2D eigenvalue weighted by atomic mass is 32.1. The molecule has 0 radical (unpaired) electrons. The van der Waals surface area contributed by atoms with Crippen LogP contribution in [-0.4, -0.2) is 21.0 Å². The Labute approximate surface area is 186 Å². The normalized spacial score (nSPS) is 13.0. The fourth-order valence-corrected chi connectivity index (χ4v) is 4.89. The molecule has 1 aliphatic rings. The molecule has 0 saturated carbocycles. The van der Waals surface area contributed by atoms with Gasteiger partial charge in [-0.1, -0.05) is 12.1 Å². The number of amides is 1. The number of H-pyrrole nitrogens is 1. The molecule has 1 aromatic carbocycles. The number of nitro benzene ring substituents is 1. The smallest absolute Gasteiger partial charge is 0.270 e. The van der Waals surface area contributed by atoms with E-state index in [-0.39, 0.29) is 11.3 Å². The molecule has 10 heteroatoms.